The summed E-state index contributed by atoms with van der Waals surface area (Å²) < 4.78 is 5.22. The Morgan fingerprint density at radius 1 is 1.63 bits per heavy atom. The Hall–Kier alpha value is -1.54. The number of ether oxygens (including phenoxy) is 1. The fraction of sp³-hybridized carbons (Fsp3) is 0.571. The van der Waals surface area contributed by atoms with Gasteiger partial charge in [-0.2, -0.15) is 5.26 Å². The molecule has 1 heterocycles. The Morgan fingerprint density at radius 3 is 2.95 bits per heavy atom. The first-order chi connectivity index (χ1) is 9.08. The van der Waals surface area contributed by atoms with Gasteiger partial charge in [-0.3, -0.25) is 4.79 Å². The van der Waals surface area contributed by atoms with Crippen molar-refractivity contribution in [2.75, 3.05) is 19.0 Å². The number of hydrogen-bond donors (Lipinski definition) is 1. The number of nitrogens with one attached hydrogen (secondary N) is 1. The van der Waals surface area contributed by atoms with Crippen LogP contribution in [-0.4, -0.2) is 19.6 Å². The summed E-state index contributed by atoms with van der Waals surface area (Å²) in [4.78, 5) is 13.4. The molecule has 1 aliphatic carbocycles. The number of anilines is 1. The highest BCUT2D eigenvalue weighted by atomic mass is 32.1. The topological polar surface area (TPSA) is 62.1 Å². The molecule has 102 valence electrons. The molecule has 1 aliphatic rings. The van der Waals surface area contributed by atoms with Gasteiger partial charge >= 0.3 is 5.97 Å². The van der Waals surface area contributed by atoms with E-state index in [-0.39, 0.29) is 5.97 Å². The van der Waals surface area contributed by atoms with Crippen LogP contribution in [-0.2, 0) is 21.4 Å². The van der Waals surface area contributed by atoms with E-state index in [9.17, 15) is 10.1 Å². The molecule has 0 spiro atoms. The smallest absolute Gasteiger partial charge is 0.316 e. The lowest BCUT2D eigenvalue weighted by Gasteiger charge is -2.31. The van der Waals surface area contributed by atoms with Crippen LogP contribution < -0.4 is 5.32 Å². The van der Waals surface area contributed by atoms with Gasteiger partial charge in [0.05, 0.1) is 17.6 Å². The Kier molecular flexibility index (Phi) is 3.81. The van der Waals surface area contributed by atoms with Gasteiger partial charge in [-0.15, -0.1) is 11.3 Å². The Balaban J connectivity index is 2.58. The van der Waals surface area contributed by atoms with E-state index in [0.29, 0.717) is 12.2 Å². The first-order valence-corrected chi connectivity index (χ1v) is 7.31. The first-order valence-electron chi connectivity index (χ1n) is 6.49. The number of thiophene rings is 1. The van der Waals surface area contributed by atoms with Crippen molar-refractivity contribution in [1.82, 2.24) is 0 Å². The zero-order valence-electron chi connectivity index (χ0n) is 11.5. The predicted octanol–water partition coefficient (Wildman–Crippen LogP) is 2.82. The SMILES string of the molecule is CCOC(=O)C1(C)CCCc2sc(NC)c(C#N)c21. The zero-order chi connectivity index (χ0) is 14.0. The lowest BCUT2D eigenvalue weighted by Crippen LogP contribution is -2.37. The summed E-state index contributed by atoms with van der Waals surface area (Å²) in [6.45, 7) is 4.08. The lowest BCUT2D eigenvalue weighted by molar-refractivity contribution is -0.150. The summed E-state index contributed by atoms with van der Waals surface area (Å²) in [6.07, 6.45) is 2.63. The number of carbonyl (C=O) groups excluding carboxylic acids is 1. The largest absolute Gasteiger partial charge is 0.465 e. The molecule has 0 aromatic carbocycles. The molecule has 1 unspecified atom stereocenters. The normalized spacial score (nSPS) is 21.4. The number of carbonyl (C=O) groups is 1. The number of nitriles is 1. The van der Waals surface area contributed by atoms with Crippen LogP contribution in [0.3, 0.4) is 0 Å². The third kappa shape index (κ3) is 2.10. The predicted molar refractivity (Wildman–Crippen MR) is 75.5 cm³/mol. The number of esters is 1. The van der Waals surface area contributed by atoms with Crippen molar-refractivity contribution in [3.05, 3.63) is 16.0 Å². The van der Waals surface area contributed by atoms with Gasteiger partial charge in [0.2, 0.25) is 0 Å². The minimum Gasteiger partial charge on any atom is -0.465 e. The summed E-state index contributed by atoms with van der Waals surface area (Å²) in [6, 6.07) is 2.25. The van der Waals surface area contributed by atoms with Crippen molar-refractivity contribution in [3.63, 3.8) is 0 Å². The van der Waals surface area contributed by atoms with Crippen molar-refractivity contribution < 1.29 is 9.53 Å². The van der Waals surface area contributed by atoms with E-state index in [1.54, 1.807) is 18.4 Å². The third-order valence-electron chi connectivity index (χ3n) is 3.68. The molecule has 0 amide bonds. The molecular weight excluding hydrogens is 260 g/mol. The van der Waals surface area contributed by atoms with Crippen LogP contribution >= 0.6 is 11.3 Å². The average Bonchev–Trinajstić information content (AvgIpc) is 2.78. The van der Waals surface area contributed by atoms with E-state index >= 15 is 0 Å². The Morgan fingerprint density at radius 2 is 2.37 bits per heavy atom. The monoisotopic (exact) mass is 278 g/mol. The van der Waals surface area contributed by atoms with Gasteiger partial charge in [-0.1, -0.05) is 0 Å². The molecule has 0 aliphatic heterocycles. The van der Waals surface area contributed by atoms with E-state index in [1.807, 2.05) is 13.8 Å². The molecule has 0 radical (unpaired) electrons. The van der Waals surface area contributed by atoms with Crippen LogP contribution in [0.1, 0.15) is 42.7 Å². The second kappa shape index (κ2) is 5.22. The van der Waals surface area contributed by atoms with Crippen LogP contribution in [0.5, 0.6) is 0 Å². The second-order valence-electron chi connectivity index (χ2n) is 4.87. The number of hydrogen-bond acceptors (Lipinski definition) is 5. The highest BCUT2D eigenvalue weighted by molar-refractivity contribution is 7.16. The maximum Gasteiger partial charge on any atom is 0.316 e. The summed E-state index contributed by atoms with van der Waals surface area (Å²) in [5, 5.41) is 13.3. The van der Waals surface area contributed by atoms with Crippen LogP contribution in [0, 0.1) is 11.3 Å². The number of aryl methyl sites for hydroxylation is 1. The Labute approximate surface area is 117 Å². The van der Waals surface area contributed by atoms with Crippen LogP contribution in [0.15, 0.2) is 0 Å². The van der Waals surface area contributed by atoms with E-state index in [2.05, 4.69) is 11.4 Å². The standard InChI is InChI=1S/C14H18N2O2S/c1-4-18-13(17)14(2)7-5-6-10-11(14)9(8-15)12(16-3)19-10/h16H,4-7H2,1-3H3. The third-order valence-corrected chi connectivity index (χ3v) is 4.95. The van der Waals surface area contributed by atoms with E-state index in [4.69, 9.17) is 4.74 Å². The molecule has 1 N–H and O–H groups in total. The van der Waals surface area contributed by atoms with E-state index in [0.717, 1.165) is 34.7 Å². The maximum absolute atomic E-state index is 12.3. The van der Waals surface area contributed by atoms with Crippen molar-refractivity contribution in [2.24, 2.45) is 0 Å². The molecule has 2 rings (SSSR count). The maximum atomic E-state index is 12.3. The summed E-state index contributed by atoms with van der Waals surface area (Å²) in [5.41, 5.74) is 0.812. The van der Waals surface area contributed by atoms with Gasteiger partial charge in [0.15, 0.2) is 0 Å². The van der Waals surface area contributed by atoms with E-state index in [1.165, 1.54) is 0 Å². The summed E-state index contributed by atoms with van der Waals surface area (Å²) >= 11 is 1.58. The van der Waals surface area contributed by atoms with Crippen molar-refractivity contribution in [2.45, 2.75) is 38.5 Å². The fourth-order valence-corrected chi connectivity index (χ4v) is 4.02. The highest BCUT2D eigenvalue weighted by Gasteiger charge is 2.44. The highest BCUT2D eigenvalue weighted by Crippen LogP contribution is 2.46. The van der Waals surface area contributed by atoms with Crippen molar-refractivity contribution in [3.8, 4) is 6.07 Å². The van der Waals surface area contributed by atoms with Crippen molar-refractivity contribution in [1.29, 1.82) is 5.26 Å². The number of fused-ring (bicyclic) bond motifs is 1. The molecule has 0 fully saturated rings. The van der Waals surface area contributed by atoms with Gasteiger partial charge < -0.3 is 10.1 Å². The van der Waals surface area contributed by atoms with Crippen LogP contribution in [0.25, 0.3) is 0 Å². The summed E-state index contributed by atoms with van der Waals surface area (Å²) in [5.74, 6) is -0.215. The molecular formula is C14H18N2O2S. The zero-order valence-corrected chi connectivity index (χ0v) is 12.3. The first kappa shape index (κ1) is 13.9. The lowest BCUT2D eigenvalue weighted by atomic mass is 9.72. The molecule has 4 nitrogen and oxygen atoms in total. The molecule has 0 saturated carbocycles. The fourth-order valence-electron chi connectivity index (χ4n) is 2.74. The molecule has 0 saturated heterocycles. The van der Waals surface area contributed by atoms with Crippen LogP contribution in [0.4, 0.5) is 5.00 Å². The minimum absolute atomic E-state index is 0.215. The van der Waals surface area contributed by atoms with Gasteiger partial charge in [0.25, 0.3) is 0 Å². The quantitative estimate of drug-likeness (QED) is 0.864. The average molecular weight is 278 g/mol. The van der Waals surface area contributed by atoms with Gasteiger partial charge in [0.1, 0.15) is 11.1 Å². The van der Waals surface area contributed by atoms with Crippen LogP contribution in [0.2, 0.25) is 0 Å². The van der Waals surface area contributed by atoms with Crippen molar-refractivity contribution >= 4 is 22.3 Å². The molecule has 19 heavy (non-hydrogen) atoms. The van der Waals surface area contributed by atoms with E-state index < -0.39 is 5.41 Å². The second-order valence-corrected chi connectivity index (χ2v) is 5.98. The summed E-state index contributed by atoms with van der Waals surface area (Å²) in [7, 11) is 1.81. The van der Waals surface area contributed by atoms with Gasteiger partial charge in [0, 0.05) is 17.5 Å². The molecule has 0 bridgehead atoms. The van der Waals surface area contributed by atoms with Gasteiger partial charge in [-0.25, -0.2) is 0 Å². The number of nitrogens with zero attached hydrogens (tertiary/aromatic N) is 1. The Bertz CT molecular complexity index is 544. The molecule has 5 heteroatoms. The van der Waals surface area contributed by atoms with Gasteiger partial charge in [-0.05, 0) is 33.1 Å². The molecule has 1 aromatic rings. The molecule has 1 aromatic heterocycles. The minimum atomic E-state index is -0.680. The number of rotatable bonds is 3. The molecule has 1 atom stereocenters.